The van der Waals surface area contributed by atoms with Crippen molar-refractivity contribution >= 4 is 17.4 Å². The lowest BCUT2D eigenvalue weighted by Gasteiger charge is -2.41. The summed E-state index contributed by atoms with van der Waals surface area (Å²) in [5.41, 5.74) is 1.92. The molecule has 0 atom stereocenters. The first-order valence-corrected chi connectivity index (χ1v) is 12.9. The number of amides is 2. The molecule has 2 N–H and O–H groups in total. The number of anilines is 2. The Bertz CT molecular complexity index is 907. The van der Waals surface area contributed by atoms with Gasteiger partial charge in [-0.15, -0.1) is 0 Å². The smallest absolute Gasteiger partial charge is 0.319 e. The van der Waals surface area contributed by atoms with Gasteiger partial charge in [-0.2, -0.15) is 0 Å². The van der Waals surface area contributed by atoms with Crippen molar-refractivity contribution in [2.75, 3.05) is 50.6 Å². The van der Waals surface area contributed by atoms with Gasteiger partial charge < -0.3 is 25.0 Å². The van der Waals surface area contributed by atoms with Crippen molar-refractivity contribution in [3.8, 4) is 11.5 Å². The van der Waals surface area contributed by atoms with Crippen molar-refractivity contribution in [1.82, 2.24) is 10.2 Å². The van der Waals surface area contributed by atoms with E-state index in [1.165, 1.54) is 50.9 Å². The molecular formula is C28H42N4O3. The first kappa shape index (κ1) is 26.7. The van der Waals surface area contributed by atoms with Gasteiger partial charge in [0.15, 0.2) is 0 Å². The Balaban J connectivity index is 0.000000225. The topological polar surface area (TPSA) is 66.1 Å². The summed E-state index contributed by atoms with van der Waals surface area (Å²) in [6.45, 7) is 8.82. The van der Waals surface area contributed by atoms with Crippen molar-refractivity contribution < 1.29 is 14.3 Å². The van der Waals surface area contributed by atoms with E-state index < -0.39 is 0 Å². The van der Waals surface area contributed by atoms with E-state index in [4.69, 9.17) is 9.47 Å². The molecule has 2 fully saturated rings. The van der Waals surface area contributed by atoms with E-state index in [1.807, 2.05) is 12.1 Å². The molecule has 0 aromatic heterocycles. The van der Waals surface area contributed by atoms with Gasteiger partial charge in [0.2, 0.25) is 0 Å². The van der Waals surface area contributed by atoms with Crippen molar-refractivity contribution in [3.05, 3.63) is 48.5 Å². The summed E-state index contributed by atoms with van der Waals surface area (Å²) < 4.78 is 11.0. The summed E-state index contributed by atoms with van der Waals surface area (Å²) in [5.74, 6) is 1.68. The maximum atomic E-state index is 11.0. The minimum Gasteiger partial charge on any atom is -0.495 e. The van der Waals surface area contributed by atoms with Gasteiger partial charge in [0.25, 0.3) is 0 Å². The predicted molar refractivity (Wildman–Crippen MR) is 144 cm³/mol. The lowest BCUT2D eigenvalue weighted by molar-refractivity contribution is 0.147. The van der Waals surface area contributed by atoms with E-state index in [1.54, 1.807) is 26.3 Å². The van der Waals surface area contributed by atoms with Gasteiger partial charge in [-0.1, -0.05) is 43.5 Å². The molecule has 2 aliphatic rings. The number of ether oxygens (including phenoxy) is 2. The highest BCUT2D eigenvalue weighted by atomic mass is 16.5. The van der Waals surface area contributed by atoms with E-state index >= 15 is 0 Å². The number of benzene rings is 2. The van der Waals surface area contributed by atoms with Crippen molar-refractivity contribution in [1.29, 1.82) is 0 Å². The fourth-order valence-corrected chi connectivity index (χ4v) is 4.78. The molecule has 7 heteroatoms. The number of carbonyl (C=O) groups excluding carboxylic acids is 1. The van der Waals surface area contributed by atoms with Gasteiger partial charge in [-0.05, 0) is 51.0 Å². The van der Waals surface area contributed by atoms with E-state index in [0.717, 1.165) is 24.9 Å². The number of hydrogen-bond acceptors (Lipinski definition) is 5. The summed E-state index contributed by atoms with van der Waals surface area (Å²) in [5, 5.41) is 5.10. The highest BCUT2D eigenvalue weighted by molar-refractivity contribution is 5.90. The van der Waals surface area contributed by atoms with E-state index in [9.17, 15) is 4.79 Å². The number of nitrogens with one attached hydrogen (secondary N) is 2. The van der Waals surface area contributed by atoms with Crippen LogP contribution < -0.4 is 25.0 Å². The van der Waals surface area contributed by atoms with Gasteiger partial charge in [-0.25, -0.2) is 4.79 Å². The van der Waals surface area contributed by atoms with Crippen molar-refractivity contribution in [2.24, 2.45) is 0 Å². The lowest BCUT2D eigenvalue weighted by atomic mass is 9.94. The minimum atomic E-state index is -0.260. The lowest BCUT2D eigenvalue weighted by Crippen LogP contribution is -2.50. The number of para-hydroxylation sites is 4. The van der Waals surface area contributed by atoms with Crippen molar-refractivity contribution in [3.63, 3.8) is 0 Å². The summed E-state index contributed by atoms with van der Waals surface area (Å²) in [6, 6.07) is 16.3. The Labute approximate surface area is 210 Å². The Kier molecular flexibility index (Phi) is 10.5. The fourth-order valence-electron chi connectivity index (χ4n) is 4.78. The van der Waals surface area contributed by atoms with Gasteiger partial charge in [-0.3, -0.25) is 4.90 Å². The average molecular weight is 483 g/mol. The summed E-state index contributed by atoms with van der Waals surface area (Å²) >= 11 is 0. The molecule has 0 radical (unpaired) electrons. The molecule has 2 aromatic carbocycles. The molecule has 7 nitrogen and oxygen atoms in total. The maximum Gasteiger partial charge on any atom is 0.319 e. The third kappa shape index (κ3) is 8.06. The summed E-state index contributed by atoms with van der Waals surface area (Å²) in [7, 11) is 3.12. The quantitative estimate of drug-likeness (QED) is 0.579. The molecule has 1 aliphatic heterocycles. The Morgan fingerprint density at radius 2 is 1.54 bits per heavy atom. The predicted octanol–water partition coefficient (Wildman–Crippen LogP) is 5.38. The number of rotatable bonds is 6. The molecule has 4 rings (SSSR count). The number of urea groups is 1. The first-order valence-electron chi connectivity index (χ1n) is 12.9. The summed E-state index contributed by atoms with van der Waals surface area (Å²) in [4.78, 5) is 16.2. The number of piperazine rings is 1. The van der Waals surface area contributed by atoms with Crippen LogP contribution in [0.15, 0.2) is 48.5 Å². The number of nitrogens with zero attached hydrogens (tertiary/aromatic N) is 2. The van der Waals surface area contributed by atoms with Crippen LogP contribution in [0.3, 0.4) is 0 Å². The molecule has 1 saturated carbocycles. The molecule has 0 bridgehead atoms. The monoisotopic (exact) mass is 482 g/mol. The largest absolute Gasteiger partial charge is 0.495 e. The molecule has 2 amide bonds. The second-order valence-electron chi connectivity index (χ2n) is 9.35. The molecule has 2 aromatic rings. The third-order valence-corrected chi connectivity index (χ3v) is 6.56. The van der Waals surface area contributed by atoms with Crippen LogP contribution >= 0.6 is 0 Å². The van der Waals surface area contributed by atoms with Gasteiger partial charge >= 0.3 is 6.03 Å². The zero-order valence-electron chi connectivity index (χ0n) is 21.8. The average Bonchev–Trinajstić information content (AvgIpc) is 2.90. The molecule has 1 saturated heterocycles. The minimum absolute atomic E-state index is 0.227. The molecular weight excluding hydrogens is 440 g/mol. The van der Waals surface area contributed by atoms with E-state index in [0.29, 0.717) is 11.4 Å². The van der Waals surface area contributed by atoms with Crippen LogP contribution in [0.1, 0.15) is 46.0 Å². The highest BCUT2D eigenvalue weighted by Gasteiger charge is 2.26. The van der Waals surface area contributed by atoms with Crippen LogP contribution in [-0.4, -0.2) is 63.4 Å². The zero-order chi connectivity index (χ0) is 25.0. The summed E-state index contributed by atoms with van der Waals surface area (Å²) in [6.07, 6.45) is 7.34. The molecule has 0 spiro atoms. The van der Waals surface area contributed by atoms with Crippen LogP contribution in [0.4, 0.5) is 16.2 Å². The Hall–Kier alpha value is -2.93. The fraction of sp³-hybridized carbons (Fsp3) is 0.536. The van der Waals surface area contributed by atoms with Crippen molar-refractivity contribution in [2.45, 2.75) is 58.1 Å². The van der Waals surface area contributed by atoms with Crippen LogP contribution in [0.2, 0.25) is 0 Å². The van der Waals surface area contributed by atoms with Crippen LogP contribution in [0.5, 0.6) is 11.5 Å². The van der Waals surface area contributed by atoms with Crippen LogP contribution in [0, 0.1) is 0 Å². The van der Waals surface area contributed by atoms with Gasteiger partial charge in [0.1, 0.15) is 11.5 Å². The maximum absolute atomic E-state index is 11.0. The number of carbonyl (C=O) groups is 1. The second kappa shape index (κ2) is 13.8. The van der Waals surface area contributed by atoms with Crippen LogP contribution in [-0.2, 0) is 0 Å². The second-order valence-corrected chi connectivity index (χ2v) is 9.35. The van der Waals surface area contributed by atoms with E-state index in [-0.39, 0.29) is 12.1 Å². The number of methoxy groups -OCH3 is 1. The zero-order valence-corrected chi connectivity index (χ0v) is 21.8. The van der Waals surface area contributed by atoms with Gasteiger partial charge in [0, 0.05) is 39.3 Å². The van der Waals surface area contributed by atoms with Gasteiger partial charge in [0.05, 0.1) is 24.6 Å². The Morgan fingerprint density at radius 3 is 2.17 bits per heavy atom. The molecule has 35 heavy (non-hydrogen) atoms. The molecule has 1 heterocycles. The van der Waals surface area contributed by atoms with Crippen LogP contribution in [0.25, 0.3) is 0 Å². The first-order chi connectivity index (χ1) is 17.0. The SMILES string of the molecule is CC(C)Oc1ccccc1N1CCN(C2CCCCC2)CC1.CNC(=O)Nc1ccccc1OC. The highest BCUT2D eigenvalue weighted by Crippen LogP contribution is 2.31. The normalized spacial score (nSPS) is 16.8. The molecule has 0 unspecified atom stereocenters. The standard InChI is InChI=1S/C19H30N2O.C9H12N2O2/c1-16(2)22-19-11-7-6-10-18(19)21-14-12-20(13-15-21)17-8-4-3-5-9-17;1-10-9(12)11-7-5-3-4-6-8(7)13-2/h6-7,10-11,16-17H,3-5,8-9,12-15H2,1-2H3;3-6H,1-2H3,(H2,10,11,12). The Morgan fingerprint density at radius 1 is 0.914 bits per heavy atom. The molecule has 192 valence electrons. The third-order valence-electron chi connectivity index (χ3n) is 6.56. The van der Waals surface area contributed by atoms with E-state index in [2.05, 4.69) is 58.5 Å². The number of hydrogen-bond donors (Lipinski definition) is 2. The molecule has 1 aliphatic carbocycles.